The largest absolute Gasteiger partial charge is 0.382 e. The number of anilines is 2. The molecule has 15 nitrogen and oxygen atoms in total. The molecule has 0 spiro atoms. The molecule has 0 saturated carbocycles. The smallest absolute Gasteiger partial charge is 0.264 e. The van der Waals surface area contributed by atoms with Gasteiger partial charge in [-0.15, -0.1) is 0 Å². The molecule has 1 saturated heterocycles. The van der Waals surface area contributed by atoms with Crippen LogP contribution >= 0.6 is 0 Å². The second kappa shape index (κ2) is 16.6. The number of carbonyl (C=O) groups is 6. The van der Waals surface area contributed by atoms with Crippen molar-refractivity contribution >= 4 is 58.5 Å². The zero-order valence-electron chi connectivity index (χ0n) is 30.9. The molecule has 4 heterocycles. The number of amides is 6. The number of aromatic amines is 1. The Morgan fingerprint density at radius 1 is 0.944 bits per heavy atom. The Balaban J connectivity index is 0.919. The SMILES string of the molecule is Cc1[nH]c(/C=C2\C(=O)Nc3ccc(CCN(C)C)cc32)c(C)c1C(=O)NCCOCCOCCNc1cccc2c1C(=O)N(C1CCC(=O)NC1=O)C2=O. The molecular weight excluding hydrogens is 694 g/mol. The van der Waals surface area contributed by atoms with Gasteiger partial charge in [-0.2, -0.15) is 0 Å². The second-order valence-corrected chi connectivity index (χ2v) is 13.7. The van der Waals surface area contributed by atoms with Gasteiger partial charge in [-0.3, -0.25) is 39.0 Å². The Labute approximate surface area is 312 Å². The number of H-pyrrole nitrogens is 1. The number of ether oxygens (including phenoxy) is 2. The van der Waals surface area contributed by atoms with Crippen molar-refractivity contribution in [3.8, 4) is 0 Å². The zero-order valence-corrected chi connectivity index (χ0v) is 30.9. The molecule has 1 fully saturated rings. The van der Waals surface area contributed by atoms with Gasteiger partial charge in [0.25, 0.3) is 23.6 Å². The number of hydrogen-bond acceptors (Lipinski definition) is 10. The van der Waals surface area contributed by atoms with Gasteiger partial charge in [-0.1, -0.05) is 12.1 Å². The Morgan fingerprint density at radius 2 is 1.70 bits per heavy atom. The summed E-state index contributed by atoms with van der Waals surface area (Å²) in [6.45, 7) is 6.36. The maximum absolute atomic E-state index is 13.2. The van der Waals surface area contributed by atoms with Crippen molar-refractivity contribution in [2.75, 3.05) is 70.8 Å². The molecule has 284 valence electrons. The average molecular weight is 740 g/mol. The van der Waals surface area contributed by atoms with Crippen LogP contribution in [0.15, 0.2) is 36.4 Å². The van der Waals surface area contributed by atoms with Gasteiger partial charge in [-0.25, -0.2) is 0 Å². The molecule has 3 aliphatic heterocycles. The number of fused-ring (bicyclic) bond motifs is 2. The standard InChI is InChI=1S/C39H45N7O8/c1-22-30(21-27-26-20-24(12-15-45(3)4)8-9-28(26)43-35(27)48)42-23(2)33(22)37(50)41-14-17-54-19-18-53-16-13-40-29-7-5-6-25-34(29)39(52)46(38(25)51)31-10-11-32(47)44-36(31)49/h5-9,20-21,31,40,42H,10-19H2,1-4H3,(H,41,50)(H,43,48)(H,44,47,49)/b27-21-. The first kappa shape index (κ1) is 38.1. The molecule has 6 amide bonds. The minimum absolute atomic E-state index is 0.0510. The lowest BCUT2D eigenvalue weighted by atomic mass is 10.0. The Morgan fingerprint density at radius 3 is 2.44 bits per heavy atom. The van der Waals surface area contributed by atoms with Gasteiger partial charge in [0.1, 0.15) is 6.04 Å². The molecule has 0 radical (unpaired) electrons. The highest BCUT2D eigenvalue weighted by atomic mass is 16.5. The number of nitrogens with one attached hydrogen (secondary N) is 5. The summed E-state index contributed by atoms with van der Waals surface area (Å²) >= 11 is 0. The van der Waals surface area contributed by atoms with Crippen LogP contribution in [0.4, 0.5) is 11.4 Å². The number of aryl methyl sites for hydroxylation is 1. The van der Waals surface area contributed by atoms with Crippen LogP contribution in [0.1, 0.15) is 72.0 Å². The second-order valence-electron chi connectivity index (χ2n) is 13.7. The molecule has 0 aliphatic carbocycles. The van der Waals surface area contributed by atoms with Crippen LogP contribution in [-0.4, -0.2) is 116 Å². The third kappa shape index (κ3) is 8.12. The van der Waals surface area contributed by atoms with Crippen LogP contribution < -0.4 is 21.3 Å². The zero-order chi connectivity index (χ0) is 38.5. The van der Waals surface area contributed by atoms with Gasteiger partial charge in [0, 0.05) is 54.4 Å². The average Bonchev–Trinajstić information content (AvgIpc) is 3.70. The highest BCUT2D eigenvalue weighted by Gasteiger charge is 2.45. The molecule has 1 atom stereocenters. The highest BCUT2D eigenvalue weighted by Crippen LogP contribution is 2.35. The number of likely N-dealkylation sites (N-methyl/N-ethyl adjacent to an activating group) is 1. The Kier molecular flexibility index (Phi) is 11.7. The molecule has 3 aliphatic rings. The molecule has 2 aromatic carbocycles. The fraction of sp³-hybridized carbons (Fsp3) is 0.385. The Hall–Kier alpha value is -5.64. The topological polar surface area (TPSA) is 191 Å². The predicted molar refractivity (Wildman–Crippen MR) is 201 cm³/mol. The number of carbonyl (C=O) groups excluding carboxylic acids is 6. The Bertz CT molecular complexity index is 2030. The van der Waals surface area contributed by atoms with E-state index in [2.05, 4.69) is 31.2 Å². The van der Waals surface area contributed by atoms with Crippen LogP contribution in [-0.2, 0) is 30.3 Å². The first-order chi connectivity index (χ1) is 25.9. The number of rotatable bonds is 16. The maximum atomic E-state index is 13.2. The predicted octanol–water partition coefficient (Wildman–Crippen LogP) is 2.50. The van der Waals surface area contributed by atoms with E-state index >= 15 is 0 Å². The van der Waals surface area contributed by atoms with Crippen molar-refractivity contribution in [3.63, 3.8) is 0 Å². The van der Waals surface area contributed by atoms with E-state index in [1.54, 1.807) is 24.3 Å². The van der Waals surface area contributed by atoms with Gasteiger partial charge >= 0.3 is 0 Å². The summed E-state index contributed by atoms with van der Waals surface area (Å²) < 4.78 is 11.3. The van der Waals surface area contributed by atoms with E-state index in [1.165, 1.54) is 0 Å². The number of aromatic nitrogens is 1. The van der Waals surface area contributed by atoms with Crippen LogP contribution in [0.3, 0.4) is 0 Å². The quantitative estimate of drug-likeness (QED) is 0.0829. The van der Waals surface area contributed by atoms with Crippen LogP contribution in [0.5, 0.6) is 0 Å². The lowest BCUT2D eigenvalue weighted by Crippen LogP contribution is -2.54. The fourth-order valence-electron chi connectivity index (χ4n) is 6.86. The molecule has 15 heteroatoms. The summed E-state index contributed by atoms with van der Waals surface area (Å²) in [7, 11) is 4.05. The van der Waals surface area contributed by atoms with Gasteiger partial charge < -0.3 is 35.3 Å². The summed E-state index contributed by atoms with van der Waals surface area (Å²) in [6.07, 6.45) is 2.81. The van der Waals surface area contributed by atoms with Crippen molar-refractivity contribution in [1.82, 2.24) is 25.4 Å². The van der Waals surface area contributed by atoms with E-state index in [4.69, 9.17) is 9.47 Å². The van der Waals surface area contributed by atoms with Crippen LogP contribution in [0.2, 0.25) is 0 Å². The normalized spacial score (nSPS) is 17.3. The third-order valence-electron chi connectivity index (χ3n) is 9.64. The molecule has 1 unspecified atom stereocenters. The van der Waals surface area contributed by atoms with Crippen molar-refractivity contribution in [1.29, 1.82) is 0 Å². The maximum Gasteiger partial charge on any atom is 0.264 e. The summed E-state index contributed by atoms with van der Waals surface area (Å²) in [6, 6.07) is 9.86. The molecule has 6 rings (SSSR count). The lowest BCUT2D eigenvalue weighted by molar-refractivity contribution is -0.136. The molecule has 54 heavy (non-hydrogen) atoms. The van der Waals surface area contributed by atoms with E-state index < -0.39 is 29.7 Å². The van der Waals surface area contributed by atoms with Crippen LogP contribution in [0, 0.1) is 13.8 Å². The molecule has 5 N–H and O–H groups in total. The van der Waals surface area contributed by atoms with E-state index in [-0.39, 0.29) is 55.5 Å². The summed E-state index contributed by atoms with van der Waals surface area (Å²) in [5.74, 6) is -2.66. The van der Waals surface area contributed by atoms with Crippen molar-refractivity contribution < 1.29 is 38.2 Å². The monoisotopic (exact) mass is 739 g/mol. The number of hydrogen-bond donors (Lipinski definition) is 5. The van der Waals surface area contributed by atoms with Gasteiger partial charge in [-0.05, 0) is 82.3 Å². The van der Waals surface area contributed by atoms with Crippen molar-refractivity contribution in [3.05, 3.63) is 81.2 Å². The minimum Gasteiger partial charge on any atom is -0.382 e. The van der Waals surface area contributed by atoms with Gasteiger partial charge in [0.2, 0.25) is 11.8 Å². The van der Waals surface area contributed by atoms with Gasteiger partial charge in [0.05, 0.1) is 48.7 Å². The van der Waals surface area contributed by atoms with E-state index in [9.17, 15) is 28.8 Å². The highest BCUT2D eigenvalue weighted by molar-refractivity contribution is 6.35. The summed E-state index contributed by atoms with van der Waals surface area (Å²) in [5.41, 5.74) is 6.81. The number of imide groups is 2. The van der Waals surface area contributed by atoms with Crippen molar-refractivity contribution in [2.45, 2.75) is 39.2 Å². The number of piperidine rings is 1. The van der Waals surface area contributed by atoms with Crippen molar-refractivity contribution in [2.24, 2.45) is 0 Å². The van der Waals surface area contributed by atoms with Gasteiger partial charge in [0.15, 0.2) is 0 Å². The summed E-state index contributed by atoms with van der Waals surface area (Å²) in [5, 5.41) is 11.2. The molecule has 1 aromatic heterocycles. The third-order valence-corrected chi connectivity index (χ3v) is 9.64. The minimum atomic E-state index is -1.03. The fourth-order valence-corrected chi connectivity index (χ4v) is 6.86. The summed E-state index contributed by atoms with van der Waals surface area (Å²) in [4.78, 5) is 82.5. The van der Waals surface area contributed by atoms with E-state index in [0.29, 0.717) is 48.0 Å². The molecule has 3 aromatic rings. The van der Waals surface area contributed by atoms with Crippen LogP contribution in [0.25, 0.3) is 11.6 Å². The van der Waals surface area contributed by atoms with E-state index in [0.717, 1.165) is 40.2 Å². The number of benzene rings is 2. The first-order valence-corrected chi connectivity index (χ1v) is 18.0. The lowest BCUT2D eigenvalue weighted by Gasteiger charge is -2.27. The number of nitrogens with zero attached hydrogens (tertiary/aromatic N) is 2. The molecule has 0 bridgehead atoms. The molecular formula is C39H45N7O8. The van der Waals surface area contributed by atoms with E-state index in [1.807, 2.05) is 46.1 Å². The first-order valence-electron chi connectivity index (χ1n) is 18.0.